The number of thioether (sulfide) groups is 1. The van der Waals surface area contributed by atoms with Crippen molar-refractivity contribution in [2.24, 2.45) is 0 Å². The van der Waals surface area contributed by atoms with Gasteiger partial charge in [-0.3, -0.25) is 9.59 Å². The number of carbonyl (C=O) groups is 2. The molecule has 142 valence electrons. The van der Waals surface area contributed by atoms with Crippen LogP contribution in [-0.2, 0) is 14.3 Å². The van der Waals surface area contributed by atoms with Crippen LogP contribution in [-0.4, -0.2) is 18.0 Å². The molecule has 0 fully saturated rings. The number of rotatable bonds is 7. The zero-order valence-electron chi connectivity index (χ0n) is 15.4. The summed E-state index contributed by atoms with van der Waals surface area (Å²) in [7, 11) is 0. The third kappa shape index (κ3) is 5.47. The molecule has 5 heteroatoms. The first kappa shape index (κ1) is 19.7. The van der Waals surface area contributed by atoms with Crippen LogP contribution in [0.4, 0.5) is 5.69 Å². The van der Waals surface area contributed by atoms with Gasteiger partial charge in [0.2, 0.25) is 0 Å². The van der Waals surface area contributed by atoms with Crippen LogP contribution in [0, 0.1) is 0 Å². The molecule has 28 heavy (non-hydrogen) atoms. The smallest absolute Gasteiger partial charge is 0.324 e. The molecule has 2 atom stereocenters. The van der Waals surface area contributed by atoms with E-state index >= 15 is 0 Å². The zero-order valence-corrected chi connectivity index (χ0v) is 16.3. The fraction of sp³-hybridized carbons (Fsp3) is 0.130. The molecule has 0 unspecified atom stereocenters. The predicted octanol–water partition coefficient (Wildman–Crippen LogP) is 5.09. The number of ether oxygens (including phenoxy) is 1. The maximum atomic E-state index is 12.9. The number of esters is 1. The van der Waals surface area contributed by atoms with E-state index in [0.717, 1.165) is 10.5 Å². The van der Waals surface area contributed by atoms with E-state index in [2.05, 4.69) is 5.32 Å². The number of benzene rings is 3. The molecular formula is C23H21NO3S. The van der Waals surface area contributed by atoms with Gasteiger partial charge in [0.25, 0.3) is 5.91 Å². The first-order valence-corrected chi connectivity index (χ1v) is 9.84. The van der Waals surface area contributed by atoms with E-state index in [1.165, 1.54) is 11.8 Å². The highest BCUT2D eigenvalue weighted by Crippen LogP contribution is 2.36. The van der Waals surface area contributed by atoms with Gasteiger partial charge >= 0.3 is 5.97 Å². The van der Waals surface area contributed by atoms with Crippen molar-refractivity contribution in [1.82, 2.24) is 0 Å². The first-order valence-electron chi connectivity index (χ1n) is 8.96. The first-order chi connectivity index (χ1) is 13.6. The van der Waals surface area contributed by atoms with E-state index in [1.54, 1.807) is 19.1 Å². The van der Waals surface area contributed by atoms with Crippen molar-refractivity contribution in [1.29, 1.82) is 0 Å². The lowest BCUT2D eigenvalue weighted by Gasteiger charge is -2.19. The number of carbonyl (C=O) groups excluding carboxylic acids is 2. The van der Waals surface area contributed by atoms with E-state index < -0.39 is 17.3 Å². The normalized spacial score (nSPS) is 12.6. The summed E-state index contributed by atoms with van der Waals surface area (Å²) in [6, 6.07) is 28.2. The summed E-state index contributed by atoms with van der Waals surface area (Å²) in [5, 5.41) is 2.19. The Labute approximate surface area is 168 Å². The number of hydrogen-bond acceptors (Lipinski definition) is 4. The third-order valence-corrected chi connectivity index (χ3v) is 5.26. The monoisotopic (exact) mass is 391 g/mol. The van der Waals surface area contributed by atoms with Crippen molar-refractivity contribution in [3.8, 4) is 0 Å². The molecule has 0 aliphatic heterocycles. The highest BCUT2D eigenvalue weighted by Gasteiger charge is 2.27. The lowest BCUT2D eigenvalue weighted by atomic mass is 10.1. The van der Waals surface area contributed by atoms with Crippen LogP contribution in [0.5, 0.6) is 0 Å². The number of anilines is 1. The Kier molecular flexibility index (Phi) is 6.87. The number of nitrogens with one attached hydrogen (secondary N) is 1. The SMILES string of the molecule is C[C@H](OC(=O)[C@H](Sc1ccccc1)c1ccccc1)C(=O)Nc1ccccc1. The van der Waals surface area contributed by atoms with Gasteiger partial charge in [0.15, 0.2) is 6.10 Å². The van der Waals surface area contributed by atoms with Gasteiger partial charge in [-0.05, 0) is 36.8 Å². The highest BCUT2D eigenvalue weighted by atomic mass is 32.2. The molecule has 0 aliphatic carbocycles. The minimum Gasteiger partial charge on any atom is -0.451 e. The van der Waals surface area contributed by atoms with Crippen molar-refractivity contribution < 1.29 is 14.3 Å². The number of amides is 1. The van der Waals surface area contributed by atoms with Gasteiger partial charge in [-0.2, -0.15) is 0 Å². The molecule has 1 amide bonds. The lowest BCUT2D eigenvalue weighted by Crippen LogP contribution is -2.31. The number of hydrogen-bond donors (Lipinski definition) is 1. The van der Waals surface area contributed by atoms with Crippen LogP contribution in [0.15, 0.2) is 95.9 Å². The van der Waals surface area contributed by atoms with Crippen molar-refractivity contribution in [3.63, 3.8) is 0 Å². The van der Waals surface area contributed by atoms with Crippen molar-refractivity contribution in [2.45, 2.75) is 23.2 Å². The van der Waals surface area contributed by atoms with Crippen LogP contribution < -0.4 is 5.32 Å². The molecule has 3 rings (SSSR count). The predicted molar refractivity (Wildman–Crippen MR) is 112 cm³/mol. The van der Waals surface area contributed by atoms with Crippen LogP contribution in [0.2, 0.25) is 0 Å². The summed E-state index contributed by atoms with van der Waals surface area (Å²) in [5.41, 5.74) is 1.49. The molecule has 0 saturated heterocycles. The maximum absolute atomic E-state index is 12.9. The van der Waals surface area contributed by atoms with Gasteiger partial charge in [0.1, 0.15) is 5.25 Å². The Morgan fingerprint density at radius 1 is 0.821 bits per heavy atom. The topological polar surface area (TPSA) is 55.4 Å². The van der Waals surface area contributed by atoms with Gasteiger partial charge in [-0.1, -0.05) is 66.7 Å². The Morgan fingerprint density at radius 2 is 1.36 bits per heavy atom. The second-order valence-electron chi connectivity index (χ2n) is 6.16. The minimum absolute atomic E-state index is 0.365. The van der Waals surface area contributed by atoms with Crippen LogP contribution in [0.3, 0.4) is 0 Å². The van der Waals surface area contributed by atoms with Crippen LogP contribution in [0.25, 0.3) is 0 Å². The fourth-order valence-corrected chi connectivity index (χ4v) is 3.60. The molecular weight excluding hydrogens is 370 g/mol. The Hall–Kier alpha value is -3.05. The molecule has 0 bridgehead atoms. The van der Waals surface area contributed by atoms with Crippen molar-refractivity contribution in [3.05, 3.63) is 96.6 Å². The van der Waals surface area contributed by atoms with Crippen LogP contribution >= 0.6 is 11.8 Å². The van der Waals surface area contributed by atoms with E-state index in [4.69, 9.17) is 4.74 Å². The lowest BCUT2D eigenvalue weighted by molar-refractivity contribution is -0.152. The molecule has 1 N–H and O–H groups in total. The Bertz CT molecular complexity index is 901. The fourth-order valence-electron chi connectivity index (χ4n) is 2.57. The molecule has 0 radical (unpaired) electrons. The molecule has 4 nitrogen and oxygen atoms in total. The summed E-state index contributed by atoms with van der Waals surface area (Å²) in [6.45, 7) is 1.57. The van der Waals surface area contributed by atoms with E-state index in [-0.39, 0.29) is 5.91 Å². The highest BCUT2D eigenvalue weighted by molar-refractivity contribution is 8.00. The molecule has 0 aliphatic rings. The number of para-hydroxylation sites is 1. The van der Waals surface area contributed by atoms with E-state index in [1.807, 2.05) is 78.9 Å². The third-order valence-electron chi connectivity index (χ3n) is 4.02. The van der Waals surface area contributed by atoms with Gasteiger partial charge in [-0.15, -0.1) is 11.8 Å². The maximum Gasteiger partial charge on any atom is 0.324 e. The summed E-state index contributed by atoms with van der Waals surface area (Å²) in [6.07, 6.45) is -0.907. The summed E-state index contributed by atoms with van der Waals surface area (Å²) in [5.74, 6) is -0.813. The van der Waals surface area contributed by atoms with E-state index in [0.29, 0.717) is 5.69 Å². The standard InChI is InChI=1S/C23H21NO3S/c1-17(22(25)24-19-13-7-3-8-14-19)27-23(26)21(18-11-5-2-6-12-18)28-20-15-9-4-10-16-20/h2-17,21H,1H3,(H,24,25)/t17-,21+/m0/s1. The molecule has 3 aromatic carbocycles. The average Bonchev–Trinajstić information content (AvgIpc) is 2.74. The van der Waals surface area contributed by atoms with Crippen LogP contribution in [0.1, 0.15) is 17.7 Å². The van der Waals surface area contributed by atoms with Crippen molar-refractivity contribution >= 4 is 29.3 Å². The zero-order chi connectivity index (χ0) is 19.8. The van der Waals surface area contributed by atoms with Gasteiger partial charge in [0, 0.05) is 10.6 Å². The van der Waals surface area contributed by atoms with Gasteiger partial charge < -0.3 is 10.1 Å². The quantitative estimate of drug-likeness (QED) is 0.450. The van der Waals surface area contributed by atoms with Crippen molar-refractivity contribution in [2.75, 3.05) is 5.32 Å². The molecule has 0 heterocycles. The summed E-state index contributed by atoms with van der Waals surface area (Å²) < 4.78 is 5.50. The minimum atomic E-state index is -0.907. The Balaban J connectivity index is 1.71. The summed E-state index contributed by atoms with van der Waals surface area (Å²) >= 11 is 1.40. The molecule has 0 spiro atoms. The second-order valence-corrected chi connectivity index (χ2v) is 7.33. The largest absolute Gasteiger partial charge is 0.451 e. The Morgan fingerprint density at radius 3 is 1.96 bits per heavy atom. The molecule has 3 aromatic rings. The van der Waals surface area contributed by atoms with E-state index in [9.17, 15) is 9.59 Å². The molecule has 0 saturated carbocycles. The van der Waals surface area contributed by atoms with Gasteiger partial charge in [0.05, 0.1) is 0 Å². The average molecular weight is 391 g/mol. The molecule has 0 aromatic heterocycles. The van der Waals surface area contributed by atoms with Gasteiger partial charge in [-0.25, -0.2) is 0 Å². The summed E-state index contributed by atoms with van der Waals surface area (Å²) in [4.78, 5) is 26.2. The second kappa shape index (κ2) is 9.76.